The van der Waals surface area contributed by atoms with E-state index in [4.69, 9.17) is 30.5 Å². The van der Waals surface area contributed by atoms with Gasteiger partial charge in [-0.1, -0.05) is 17.7 Å². The molecule has 0 aromatic heterocycles. The number of carbonyl (C=O) groups excluding carboxylic acids is 2. The van der Waals surface area contributed by atoms with E-state index in [9.17, 15) is 9.59 Å². The Kier molecular flexibility index (Phi) is 7.48. The van der Waals surface area contributed by atoms with E-state index in [1.165, 1.54) is 12.0 Å². The highest BCUT2D eigenvalue weighted by atomic mass is 35.5. The number of nitrogens with one attached hydrogen (secondary N) is 1. The number of carbonyl (C=O) groups is 2. The lowest BCUT2D eigenvalue weighted by Crippen LogP contribution is -2.48. The summed E-state index contributed by atoms with van der Waals surface area (Å²) in [5.74, 6) is 0.977. The Balaban J connectivity index is 2.09. The Morgan fingerprint density at radius 2 is 1.91 bits per heavy atom. The minimum absolute atomic E-state index is 0.0482. The molecule has 0 bridgehead atoms. The molecular formula is C23H25ClN2O6. The summed E-state index contributed by atoms with van der Waals surface area (Å²) in [6, 6.07) is 10.8. The molecule has 3 rings (SSSR count). The quantitative estimate of drug-likeness (QED) is 0.600. The molecule has 1 atom stereocenters. The van der Waals surface area contributed by atoms with Crippen LogP contribution in [0.1, 0.15) is 18.5 Å². The molecule has 1 aliphatic rings. The van der Waals surface area contributed by atoms with Gasteiger partial charge in [-0.2, -0.15) is 0 Å². The maximum Gasteiger partial charge on any atom is 0.338 e. The number of halogens is 1. The minimum Gasteiger partial charge on any atom is -0.497 e. The van der Waals surface area contributed by atoms with Crippen molar-refractivity contribution in [3.8, 4) is 17.2 Å². The number of benzene rings is 2. The third kappa shape index (κ3) is 4.91. The van der Waals surface area contributed by atoms with E-state index in [-0.39, 0.29) is 18.8 Å². The maximum atomic E-state index is 13.0. The lowest BCUT2D eigenvalue weighted by molar-refractivity contribution is -0.139. The van der Waals surface area contributed by atoms with E-state index in [1.54, 1.807) is 63.5 Å². The van der Waals surface area contributed by atoms with Gasteiger partial charge in [0.05, 0.1) is 38.1 Å². The largest absolute Gasteiger partial charge is 0.497 e. The fourth-order valence-electron chi connectivity index (χ4n) is 3.38. The Bertz CT molecular complexity index is 1040. The average Bonchev–Trinajstić information content (AvgIpc) is 2.79. The SMILES string of the molecule is CCOC(=O)C1=C(COc2cccc(Cl)c2)N(C)C(=O)NC1c1ccc(OC)cc1OC. The van der Waals surface area contributed by atoms with Crippen molar-refractivity contribution in [1.29, 1.82) is 0 Å². The number of likely N-dealkylation sites (N-methyl/N-ethyl adjacent to an activating group) is 1. The van der Waals surface area contributed by atoms with E-state index < -0.39 is 18.0 Å². The number of hydrogen-bond donors (Lipinski definition) is 1. The van der Waals surface area contributed by atoms with Gasteiger partial charge in [0.1, 0.15) is 23.9 Å². The molecule has 2 amide bonds. The van der Waals surface area contributed by atoms with Crippen LogP contribution in [0.3, 0.4) is 0 Å². The molecule has 1 heterocycles. The number of ether oxygens (including phenoxy) is 4. The summed E-state index contributed by atoms with van der Waals surface area (Å²) in [4.78, 5) is 27.2. The van der Waals surface area contributed by atoms with E-state index >= 15 is 0 Å². The Labute approximate surface area is 191 Å². The Morgan fingerprint density at radius 3 is 2.56 bits per heavy atom. The van der Waals surface area contributed by atoms with Gasteiger partial charge in [-0.05, 0) is 37.3 Å². The van der Waals surface area contributed by atoms with Crippen LogP contribution in [-0.2, 0) is 9.53 Å². The monoisotopic (exact) mass is 460 g/mol. The maximum absolute atomic E-state index is 13.0. The van der Waals surface area contributed by atoms with Crippen LogP contribution >= 0.6 is 11.6 Å². The van der Waals surface area contributed by atoms with Crippen molar-refractivity contribution < 1.29 is 28.5 Å². The molecule has 0 saturated heterocycles. The number of hydrogen-bond acceptors (Lipinski definition) is 6. The average molecular weight is 461 g/mol. The lowest BCUT2D eigenvalue weighted by Gasteiger charge is -2.35. The van der Waals surface area contributed by atoms with Gasteiger partial charge < -0.3 is 24.3 Å². The summed E-state index contributed by atoms with van der Waals surface area (Å²) >= 11 is 6.04. The molecule has 1 unspecified atom stereocenters. The zero-order valence-corrected chi connectivity index (χ0v) is 19.1. The number of urea groups is 1. The highest BCUT2D eigenvalue weighted by Crippen LogP contribution is 2.37. The third-order valence-corrected chi connectivity index (χ3v) is 5.23. The van der Waals surface area contributed by atoms with Crippen molar-refractivity contribution in [3.05, 3.63) is 64.3 Å². The van der Waals surface area contributed by atoms with Crippen LogP contribution in [-0.4, -0.2) is 51.4 Å². The van der Waals surface area contributed by atoms with Crippen molar-refractivity contribution in [2.45, 2.75) is 13.0 Å². The highest BCUT2D eigenvalue weighted by Gasteiger charge is 2.38. The zero-order chi connectivity index (χ0) is 23.3. The van der Waals surface area contributed by atoms with Gasteiger partial charge in [0.15, 0.2) is 0 Å². The summed E-state index contributed by atoms with van der Waals surface area (Å²) in [7, 11) is 4.61. The van der Waals surface area contributed by atoms with Crippen LogP contribution in [0.5, 0.6) is 17.2 Å². The van der Waals surface area contributed by atoms with E-state index in [0.717, 1.165) is 0 Å². The smallest absolute Gasteiger partial charge is 0.338 e. The van der Waals surface area contributed by atoms with Crippen molar-refractivity contribution in [1.82, 2.24) is 10.2 Å². The molecule has 2 aromatic carbocycles. The Morgan fingerprint density at radius 1 is 1.12 bits per heavy atom. The normalized spacial score (nSPS) is 15.8. The first-order valence-electron chi connectivity index (χ1n) is 9.94. The number of amides is 2. The standard InChI is InChI=1S/C23H25ClN2O6/c1-5-31-22(27)20-18(13-32-16-8-6-7-14(24)11-16)26(2)23(28)25-21(20)17-10-9-15(29-3)12-19(17)30-4/h6-12,21H,5,13H2,1-4H3,(H,25,28). The molecule has 32 heavy (non-hydrogen) atoms. The van der Waals surface area contributed by atoms with E-state index in [1.807, 2.05) is 0 Å². The zero-order valence-electron chi connectivity index (χ0n) is 18.3. The van der Waals surface area contributed by atoms with Gasteiger partial charge in [0, 0.05) is 23.7 Å². The molecule has 0 fully saturated rings. The molecular weight excluding hydrogens is 436 g/mol. The summed E-state index contributed by atoms with van der Waals surface area (Å²) in [6.45, 7) is 1.84. The topological polar surface area (TPSA) is 86.3 Å². The van der Waals surface area contributed by atoms with Crippen LogP contribution in [0.25, 0.3) is 0 Å². The van der Waals surface area contributed by atoms with Crippen LogP contribution in [0.15, 0.2) is 53.7 Å². The fourth-order valence-corrected chi connectivity index (χ4v) is 3.56. The van der Waals surface area contributed by atoms with Crippen LogP contribution in [0, 0.1) is 0 Å². The first-order valence-corrected chi connectivity index (χ1v) is 10.3. The molecule has 0 aliphatic carbocycles. The second kappa shape index (κ2) is 10.3. The third-order valence-electron chi connectivity index (χ3n) is 5.00. The fraction of sp³-hybridized carbons (Fsp3) is 0.304. The second-order valence-electron chi connectivity index (χ2n) is 6.88. The molecule has 0 radical (unpaired) electrons. The van der Waals surface area contributed by atoms with Gasteiger partial charge >= 0.3 is 12.0 Å². The molecule has 1 N–H and O–H groups in total. The molecule has 8 nitrogen and oxygen atoms in total. The van der Waals surface area contributed by atoms with E-state index in [0.29, 0.717) is 33.5 Å². The van der Waals surface area contributed by atoms with E-state index in [2.05, 4.69) is 5.32 Å². The number of esters is 1. The predicted octanol–water partition coefficient (Wildman–Crippen LogP) is 3.95. The number of rotatable bonds is 8. The predicted molar refractivity (Wildman–Crippen MR) is 119 cm³/mol. The van der Waals surface area contributed by atoms with Gasteiger partial charge in [0.25, 0.3) is 0 Å². The highest BCUT2D eigenvalue weighted by molar-refractivity contribution is 6.30. The van der Waals surface area contributed by atoms with Crippen molar-refractivity contribution in [2.75, 3.05) is 34.5 Å². The molecule has 2 aromatic rings. The van der Waals surface area contributed by atoms with Gasteiger partial charge in [-0.15, -0.1) is 0 Å². The summed E-state index contributed by atoms with van der Waals surface area (Å²) in [6.07, 6.45) is 0. The molecule has 0 saturated carbocycles. The van der Waals surface area contributed by atoms with Gasteiger partial charge in [-0.25, -0.2) is 9.59 Å². The van der Waals surface area contributed by atoms with Crippen molar-refractivity contribution in [2.24, 2.45) is 0 Å². The summed E-state index contributed by atoms with van der Waals surface area (Å²) in [5.41, 5.74) is 1.20. The van der Waals surface area contributed by atoms with Gasteiger partial charge in [-0.3, -0.25) is 4.90 Å². The molecule has 170 valence electrons. The number of nitrogens with zero attached hydrogens (tertiary/aromatic N) is 1. The van der Waals surface area contributed by atoms with Crippen LogP contribution < -0.4 is 19.5 Å². The van der Waals surface area contributed by atoms with Crippen molar-refractivity contribution in [3.63, 3.8) is 0 Å². The first-order chi connectivity index (χ1) is 15.4. The van der Waals surface area contributed by atoms with Crippen molar-refractivity contribution >= 4 is 23.6 Å². The number of methoxy groups -OCH3 is 2. The summed E-state index contributed by atoms with van der Waals surface area (Å²) in [5, 5.41) is 3.36. The molecule has 9 heteroatoms. The first kappa shape index (κ1) is 23.3. The van der Waals surface area contributed by atoms with Crippen LogP contribution in [0.4, 0.5) is 4.79 Å². The molecule has 1 aliphatic heterocycles. The molecule has 0 spiro atoms. The summed E-state index contributed by atoms with van der Waals surface area (Å²) < 4.78 is 21.9. The lowest BCUT2D eigenvalue weighted by atomic mass is 9.94. The second-order valence-corrected chi connectivity index (χ2v) is 7.31. The van der Waals surface area contributed by atoms with Gasteiger partial charge in [0.2, 0.25) is 0 Å². The van der Waals surface area contributed by atoms with Crippen LogP contribution in [0.2, 0.25) is 5.02 Å². The Hall–Kier alpha value is -3.39. The minimum atomic E-state index is -0.809.